The minimum Gasteiger partial charge on any atom is -0.492 e. The first-order valence-corrected chi connectivity index (χ1v) is 9.49. The first-order chi connectivity index (χ1) is 10.1. The van der Waals surface area contributed by atoms with Crippen LogP contribution in [0.25, 0.3) is 0 Å². The molecule has 0 aliphatic carbocycles. The molecule has 6 heteroatoms. The molecule has 1 heterocycles. The van der Waals surface area contributed by atoms with Crippen molar-refractivity contribution in [1.29, 1.82) is 0 Å². The molecule has 0 aliphatic heterocycles. The Morgan fingerprint density at radius 1 is 1.14 bits per heavy atom. The first-order valence-electron chi connectivity index (χ1n) is 6.72. The summed E-state index contributed by atoms with van der Waals surface area (Å²) < 4.78 is 28.2. The van der Waals surface area contributed by atoms with E-state index in [9.17, 15) is 8.42 Å². The topological polar surface area (TPSA) is 55.4 Å². The van der Waals surface area contributed by atoms with E-state index in [1.807, 2.05) is 0 Å². The van der Waals surface area contributed by atoms with Crippen LogP contribution in [0.5, 0.6) is 5.75 Å². The summed E-state index contributed by atoms with van der Waals surface area (Å²) in [6.07, 6.45) is 2.22. The molecule has 0 saturated heterocycles. The van der Waals surface area contributed by atoms with E-state index in [1.54, 1.807) is 35.6 Å². The number of ether oxygens (including phenoxy) is 1. The summed E-state index contributed by atoms with van der Waals surface area (Å²) in [6, 6.07) is 10.7. The predicted octanol–water partition coefficient (Wildman–Crippen LogP) is 2.36. The van der Waals surface area contributed by atoms with Gasteiger partial charge < -0.3 is 10.1 Å². The molecular weight excluding hydrogens is 306 g/mol. The summed E-state index contributed by atoms with van der Waals surface area (Å²) in [7, 11) is -3.14. The van der Waals surface area contributed by atoms with Gasteiger partial charge in [-0.1, -0.05) is 6.07 Å². The Morgan fingerprint density at radius 2 is 1.90 bits per heavy atom. The van der Waals surface area contributed by atoms with Crippen molar-refractivity contribution in [2.24, 2.45) is 0 Å². The van der Waals surface area contributed by atoms with Crippen molar-refractivity contribution in [3.63, 3.8) is 0 Å². The first kappa shape index (κ1) is 16.0. The van der Waals surface area contributed by atoms with Crippen LogP contribution in [-0.4, -0.2) is 34.4 Å². The number of nitrogens with one attached hydrogen (secondary N) is 1. The highest BCUT2D eigenvalue weighted by atomic mass is 32.2. The van der Waals surface area contributed by atoms with Crippen LogP contribution < -0.4 is 10.1 Å². The molecule has 114 valence electrons. The van der Waals surface area contributed by atoms with Gasteiger partial charge in [-0.2, -0.15) is 0 Å². The molecule has 0 atom stereocenters. The Labute approximate surface area is 129 Å². The fourth-order valence-electron chi connectivity index (χ4n) is 1.82. The van der Waals surface area contributed by atoms with E-state index in [4.69, 9.17) is 4.74 Å². The van der Waals surface area contributed by atoms with E-state index >= 15 is 0 Å². The van der Waals surface area contributed by atoms with Gasteiger partial charge in [0.2, 0.25) is 0 Å². The number of benzene rings is 1. The van der Waals surface area contributed by atoms with Gasteiger partial charge in [-0.05, 0) is 42.1 Å². The number of hydrogen-bond donors (Lipinski definition) is 1. The molecule has 21 heavy (non-hydrogen) atoms. The van der Waals surface area contributed by atoms with Gasteiger partial charge in [0.25, 0.3) is 0 Å². The van der Waals surface area contributed by atoms with Crippen LogP contribution >= 0.6 is 11.3 Å². The third-order valence-electron chi connectivity index (χ3n) is 2.93. The lowest BCUT2D eigenvalue weighted by Gasteiger charge is -2.07. The van der Waals surface area contributed by atoms with E-state index in [0.29, 0.717) is 17.3 Å². The zero-order chi connectivity index (χ0) is 15.1. The maximum atomic E-state index is 11.3. The quantitative estimate of drug-likeness (QED) is 0.757. The highest BCUT2D eigenvalue weighted by Crippen LogP contribution is 2.15. The SMILES string of the molecule is CS(=O)(=O)c1ccc(OCCNCCc2cccs2)cc1. The molecular formula is C15H19NO3S2. The molecule has 2 aromatic rings. The van der Waals surface area contributed by atoms with E-state index in [-0.39, 0.29) is 0 Å². The molecule has 1 aromatic carbocycles. The number of rotatable bonds is 8. The second-order valence-electron chi connectivity index (χ2n) is 4.67. The van der Waals surface area contributed by atoms with E-state index in [2.05, 4.69) is 22.8 Å². The highest BCUT2D eigenvalue weighted by molar-refractivity contribution is 7.90. The standard InChI is InChI=1S/C15H19NO3S2/c1-21(17,18)15-6-4-13(5-7-15)19-11-10-16-9-8-14-3-2-12-20-14/h2-7,12,16H,8-11H2,1H3. The molecule has 4 nitrogen and oxygen atoms in total. The van der Waals surface area contributed by atoms with Gasteiger partial charge in [-0.25, -0.2) is 8.42 Å². The van der Waals surface area contributed by atoms with Gasteiger partial charge in [-0.3, -0.25) is 0 Å². The van der Waals surface area contributed by atoms with Crippen LogP contribution in [0.4, 0.5) is 0 Å². The van der Waals surface area contributed by atoms with Crippen LogP contribution in [-0.2, 0) is 16.3 Å². The molecule has 1 aromatic heterocycles. The molecule has 1 N–H and O–H groups in total. The van der Waals surface area contributed by atoms with E-state index < -0.39 is 9.84 Å². The summed E-state index contributed by atoms with van der Waals surface area (Å²) in [5, 5.41) is 5.40. The number of sulfone groups is 1. The summed E-state index contributed by atoms with van der Waals surface area (Å²) in [6.45, 7) is 2.25. The Balaban J connectivity index is 1.64. The van der Waals surface area contributed by atoms with Crippen LogP contribution in [0.1, 0.15) is 4.88 Å². The van der Waals surface area contributed by atoms with Gasteiger partial charge in [0.15, 0.2) is 9.84 Å². The Bertz CT molecular complexity index is 634. The second-order valence-corrected chi connectivity index (χ2v) is 7.72. The summed E-state index contributed by atoms with van der Waals surface area (Å²) in [4.78, 5) is 1.68. The fourth-order valence-corrected chi connectivity index (χ4v) is 3.15. The van der Waals surface area contributed by atoms with E-state index in [0.717, 1.165) is 19.5 Å². The lowest BCUT2D eigenvalue weighted by atomic mass is 10.3. The molecule has 0 saturated carbocycles. The molecule has 2 rings (SSSR count). The lowest BCUT2D eigenvalue weighted by Crippen LogP contribution is -2.23. The average molecular weight is 325 g/mol. The number of thiophene rings is 1. The van der Waals surface area contributed by atoms with Crippen LogP contribution in [0.3, 0.4) is 0 Å². The normalized spacial score (nSPS) is 11.5. The van der Waals surface area contributed by atoms with E-state index in [1.165, 1.54) is 11.1 Å². The van der Waals surface area contributed by atoms with Gasteiger partial charge in [-0.15, -0.1) is 11.3 Å². The minimum atomic E-state index is -3.14. The molecule has 0 fully saturated rings. The Morgan fingerprint density at radius 3 is 2.52 bits per heavy atom. The molecule has 0 bridgehead atoms. The van der Waals surface area contributed by atoms with Crippen LogP contribution in [0.2, 0.25) is 0 Å². The minimum absolute atomic E-state index is 0.309. The van der Waals surface area contributed by atoms with Gasteiger partial charge in [0, 0.05) is 24.2 Å². The van der Waals surface area contributed by atoms with Crippen molar-refractivity contribution >= 4 is 21.2 Å². The molecule has 0 aliphatic rings. The Hall–Kier alpha value is -1.37. The van der Waals surface area contributed by atoms with Gasteiger partial charge in [0.05, 0.1) is 4.90 Å². The van der Waals surface area contributed by atoms with Gasteiger partial charge >= 0.3 is 0 Å². The monoisotopic (exact) mass is 325 g/mol. The zero-order valence-electron chi connectivity index (χ0n) is 11.9. The van der Waals surface area contributed by atoms with Crippen molar-refractivity contribution in [2.45, 2.75) is 11.3 Å². The summed E-state index contributed by atoms with van der Waals surface area (Å²) in [5.41, 5.74) is 0. The summed E-state index contributed by atoms with van der Waals surface area (Å²) in [5.74, 6) is 0.683. The third-order valence-corrected chi connectivity index (χ3v) is 4.99. The smallest absolute Gasteiger partial charge is 0.175 e. The molecule has 0 unspecified atom stereocenters. The van der Waals surface area contributed by atoms with Crippen LogP contribution in [0.15, 0.2) is 46.7 Å². The largest absolute Gasteiger partial charge is 0.492 e. The average Bonchev–Trinajstić information content (AvgIpc) is 2.95. The zero-order valence-corrected chi connectivity index (χ0v) is 13.5. The Kier molecular flexibility index (Phi) is 5.78. The van der Waals surface area contributed by atoms with Crippen molar-refractivity contribution in [2.75, 3.05) is 26.0 Å². The highest BCUT2D eigenvalue weighted by Gasteiger charge is 2.06. The second kappa shape index (κ2) is 7.59. The maximum absolute atomic E-state index is 11.3. The third kappa shape index (κ3) is 5.49. The van der Waals surface area contributed by atoms with Crippen LogP contribution in [0, 0.1) is 0 Å². The number of hydrogen-bond acceptors (Lipinski definition) is 5. The lowest BCUT2D eigenvalue weighted by molar-refractivity contribution is 0.314. The van der Waals surface area contributed by atoms with Gasteiger partial charge in [0.1, 0.15) is 12.4 Å². The van der Waals surface area contributed by atoms with Crippen molar-refractivity contribution in [1.82, 2.24) is 5.32 Å². The van der Waals surface area contributed by atoms with Crippen molar-refractivity contribution in [3.8, 4) is 5.75 Å². The van der Waals surface area contributed by atoms with Crippen molar-refractivity contribution in [3.05, 3.63) is 46.7 Å². The maximum Gasteiger partial charge on any atom is 0.175 e. The fraction of sp³-hybridized carbons (Fsp3) is 0.333. The molecule has 0 radical (unpaired) electrons. The predicted molar refractivity (Wildman–Crippen MR) is 85.9 cm³/mol. The summed E-state index contributed by atoms with van der Waals surface area (Å²) >= 11 is 1.77. The van der Waals surface area contributed by atoms with Crippen molar-refractivity contribution < 1.29 is 13.2 Å². The molecule has 0 spiro atoms. The molecule has 0 amide bonds.